The van der Waals surface area contributed by atoms with Crippen molar-refractivity contribution in [2.75, 3.05) is 39.7 Å². The fourth-order valence-corrected chi connectivity index (χ4v) is 2.41. The van der Waals surface area contributed by atoms with E-state index in [9.17, 15) is 0 Å². The molecular weight excluding hydrogens is 330 g/mol. The van der Waals surface area contributed by atoms with Crippen LogP contribution in [-0.2, 0) is 0 Å². The fraction of sp³-hybridized carbons (Fsp3) is 0.350. The first kappa shape index (κ1) is 19.4. The maximum Gasteiger partial charge on any atom is 0.195 e. The minimum Gasteiger partial charge on any atom is -0.493 e. The highest BCUT2D eigenvalue weighted by Crippen LogP contribution is 2.29. The number of anilines is 1. The van der Waals surface area contributed by atoms with Gasteiger partial charge in [0.2, 0.25) is 0 Å². The second-order valence-electron chi connectivity index (χ2n) is 5.66. The van der Waals surface area contributed by atoms with Gasteiger partial charge in [-0.3, -0.25) is 4.99 Å². The summed E-state index contributed by atoms with van der Waals surface area (Å²) < 4.78 is 16.4. The number of aliphatic imine (C=N–C) groups is 1. The molecule has 0 unspecified atom stereocenters. The van der Waals surface area contributed by atoms with Crippen LogP contribution in [0, 0.1) is 6.92 Å². The summed E-state index contributed by atoms with van der Waals surface area (Å²) in [6, 6.07) is 13.7. The Morgan fingerprint density at radius 3 is 2.46 bits per heavy atom. The normalized spacial score (nSPS) is 11.0. The Kier molecular flexibility index (Phi) is 7.61. The van der Waals surface area contributed by atoms with Crippen molar-refractivity contribution in [3.63, 3.8) is 0 Å². The van der Waals surface area contributed by atoms with E-state index in [1.54, 1.807) is 21.3 Å². The molecule has 0 saturated heterocycles. The maximum absolute atomic E-state index is 5.80. The van der Waals surface area contributed by atoms with E-state index in [4.69, 9.17) is 14.2 Å². The Balaban J connectivity index is 1.78. The zero-order chi connectivity index (χ0) is 18.8. The molecule has 0 spiro atoms. The van der Waals surface area contributed by atoms with Gasteiger partial charge in [0.15, 0.2) is 17.5 Å². The van der Waals surface area contributed by atoms with Gasteiger partial charge in [-0.25, -0.2) is 0 Å². The summed E-state index contributed by atoms with van der Waals surface area (Å²) in [6.45, 7) is 3.44. The molecule has 2 aromatic rings. The minimum atomic E-state index is 0.644. The van der Waals surface area contributed by atoms with E-state index >= 15 is 0 Å². The van der Waals surface area contributed by atoms with Crippen LogP contribution in [0.25, 0.3) is 0 Å². The molecular formula is C20H27N3O3. The van der Waals surface area contributed by atoms with Gasteiger partial charge >= 0.3 is 0 Å². The summed E-state index contributed by atoms with van der Waals surface area (Å²) >= 11 is 0. The largest absolute Gasteiger partial charge is 0.493 e. The van der Waals surface area contributed by atoms with Crippen molar-refractivity contribution in [2.45, 2.75) is 13.3 Å². The number of benzene rings is 2. The van der Waals surface area contributed by atoms with Crippen molar-refractivity contribution >= 4 is 11.6 Å². The third-order valence-corrected chi connectivity index (χ3v) is 3.83. The van der Waals surface area contributed by atoms with Crippen LogP contribution in [0.2, 0.25) is 0 Å². The Hall–Kier alpha value is -2.89. The number of hydrogen-bond donors (Lipinski definition) is 2. The van der Waals surface area contributed by atoms with Crippen LogP contribution in [0.3, 0.4) is 0 Å². The molecule has 0 radical (unpaired) electrons. The highest BCUT2D eigenvalue weighted by molar-refractivity contribution is 5.93. The van der Waals surface area contributed by atoms with Crippen molar-refractivity contribution in [3.05, 3.63) is 48.0 Å². The van der Waals surface area contributed by atoms with Gasteiger partial charge in [-0.15, -0.1) is 0 Å². The summed E-state index contributed by atoms with van der Waals surface area (Å²) in [4.78, 5) is 4.23. The van der Waals surface area contributed by atoms with Crippen LogP contribution in [0.15, 0.2) is 47.5 Å². The van der Waals surface area contributed by atoms with Gasteiger partial charge in [-0.1, -0.05) is 18.2 Å². The van der Waals surface area contributed by atoms with Crippen molar-refractivity contribution < 1.29 is 14.2 Å². The second-order valence-corrected chi connectivity index (χ2v) is 5.66. The molecule has 140 valence electrons. The number of nitrogens with one attached hydrogen (secondary N) is 2. The first-order chi connectivity index (χ1) is 12.7. The van der Waals surface area contributed by atoms with Crippen LogP contribution in [0.1, 0.15) is 12.0 Å². The number of para-hydroxylation sites is 1. The third-order valence-electron chi connectivity index (χ3n) is 3.83. The predicted molar refractivity (Wildman–Crippen MR) is 106 cm³/mol. The van der Waals surface area contributed by atoms with E-state index in [1.165, 1.54) is 0 Å². The molecule has 6 nitrogen and oxygen atoms in total. The number of rotatable bonds is 8. The van der Waals surface area contributed by atoms with Crippen molar-refractivity contribution in [2.24, 2.45) is 4.99 Å². The molecule has 6 heteroatoms. The molecule has 0 heterocycles. The average molecular weight is 357 g/mol. The topological polar surface area (TPSA) is 64.1 Å². The molecule has 0 aliphatic heterocycles. The first-order valence-corrected chi connectivity index (χ1v) is 8.56. The summed E-state index contributed by atoms with van der Waals surface area (Å²) in [5, 5.41) is 6.51. The third kappa shape index (κ3) is 5.58. The molecule has 26 heavy (non-hydrogen) atoms. The number of guanidine groups is 1. The molecule has 0 amide bonds. The van der Waals surface area contributed by atoms with Gasteiger partial charge in [-0.2, -0.15) is 0 Å². The molecule has 2 aromatic carbocycles. The van der Waals surface area contributed by atoms with Gasteiger partial charge in [-0.05, 0) is 37.1 Å². The van der Waals surface area contributed by atoms with E-state index in [-0.39, 0.29) is 0 Å². The van der Waals surface area contributed by atoms with Crippen molar-refractivity contribution in [1.82, 2.24) is 5.32 Å². The van der Waals surface area contributed by atoms with Gasteiger partial charge in [0.05, 0.1) is 20.8 Å². The molecule has 0 aliphatic carbocycles. The molecule has 0 aromatic heterocycles. The summed E-state index contributed by atoms with van der Waals surface area (Å²) in [6.07, 6.45) is 0.862. The number of ether oxygens (including phenoxy) is 3. The summed E-state index contributed by atoms with van der Waals surface area (Å²) in [5.41, 5.74) is 2.01. The molecule has 0 bridgehead atoms. The summed E-state index contributed by atoms with van der Waals surface area (Å²) in [5.74, 6) is 2.97. The minimum absolute atomic E-state index is 0.644. The lowest BCUT2D eigenvalue weighted by Crippen LogP contribution is -2.32. The highest BCUT2D eigenvalue weighted by Gasteiger charge is 2.06. The lowest BCUT2D eigenvalue weighted by Gasteiger charge is -2.14. The molecule has 0 fully saturated rings. The highest BCUT2D eigenvalue weighted by atomic mass is 16.5. The zero-order valence-electron chi connectivity index (χ0n) is 15.8. The first-order valence-electron chi connectivity index (χ1n) is 8.56. The lowest BCUT2D eigenvalue weighted by atomic mass is 10.2. The molecule has 2 rings (SSSR count). The van der Waals surface area contributed by atoms with E-state index in [0.29, 0.717) is 24.1 Å². The molecule has 0 saturated carbocycles. The van der Waals surface area contributed by atoms with Gasteiger partial charge < -0.3 is 24.8 Å². The fourth-order valence-electron chi connectivity index (χ4n) is 2.41. The van der Waals surface area contributed by atoms with Crippen molar-refractivity contribution in [3.8, 4) is 17.2 Å². The SMILES string of the molecule is CN=C(NCCCOc1ccccc1C)Nc1ccc(OC)c(OC)c1. The van der Waals surface area contributed by atoms with Gasteiger partial charge in [0.25, 0.3) is 0 Å². The predicted octanol–water partition coefficient (Wildman–Crippen LogP) is 3.47. The number of hydrogen-bond acceptors (Lipinski definition) is 4. The standard InChI is InChI=1S/C20H27N3O3/c1-15-8-5-6-9-17(15)26-13-7-12-22-20(21-2)23-16-10-11-18(24-3)19(14-16)25-4/h5-6,8-11,14H,7,12-13H2,1-4H3,(H2,21,22,23). The smallest absolute Gasteiger partial charge is 0.195 e. The van der Waals surface area contributed by atoms with Crippen LogP contribution in [0.4, 0.5) is 5.69 Å². The molecule has 2 N–H and O–H groups in total. The van der Waals surface area contributed by atoms with E-state index in [1.807, 2.05) is 49.4 Å². The van der Waals surface area contributed by atoms with Crippen LogP contribution < -0.4 is 24.8 Å². The number of nitrogens with zero attached hydrogens (tertiary/aromatic N) is 1. The Morgan fingerprint density at radius 2 is 1.77 bits per heavy atom. The Bertz CT molecular complexity index is 732. The average Bonchev–Trinajstić information content (AvgIpc) is 2.67. The van der Waals surface area contributed by atoms with E-state index in [2.05, 4.69) is 15.6 Å². The second kappa shape index (κ2) is 10.2. The molecule has 0 aliphatic rings. The maximum atomic E-state index is 5.80. The zero-order valence-corrected chi connectivity index (χ0v) is 15.8. The summed E-state index contributed by atoms with van der Waals surface area (Å²) in [7, 11) is 4.97. The van der Waals surface area contributed by atoms with Gasteiger partial charge in [0.1, 0.15) is 5.75 Å². The van der Waals surface area contributed by atoms with Crippen LogP contribution in [0.5, 0.6) is 17.2 Å². The van der Waals surface area contributed by atoms with Crippen molar-refractivity contribution in [1.29, 1.82) is 0 Å². The monoisotopic (exact) mass is 357 g/mol. The lowest BCUT2D eigenvalue weighted by molar-refractivity contribution is 0.309. The number of aryl methyl sites for hydroxylation is 1. The quantitative estimate of drug-likeness (QED) is 0.430. The van der Waals surface area contributed by atoms with Crippen LogP contribution >= 0.6 is 0 Å². The van der Waals surface area contributed by atoms with Gasteiger partial charge in [0, 0.05) is 25.3 Å². The Labute approximate surface area is 155 Å². The number of methoxy groups -OCH3 is 2. The van der Waals surface area contributed by atoms with Crippen LogP contribution in [-0.4, -0.2) is 40.4 Å². The Morgan fingerprint density at radius 1 is 1.00 bits per heavy atom. The molecule has 0 atom stereocenters. The van der Waals surface area contributed by atoms with E-state index < -0.39 is 0 Å². The van der Waals surface area contributed by atoms with E-state index in [0.717, 1.165) is 30.0 Å².